The minimum Gasteiger partial charge on any atom is -0.508 e. The SMILES string of the molecule is CCC(C)C(NC(=O)C(N)CCCN=C(N)N)C(=O)NC(C(=O)NC(Cc1ccc(O)cc1)C(=O)O)C(C)CC. The lowest BCUT2D eigenvalue weighted by atomic mass is 9.94. The van der Waals surface area contributed by atoms with Crippen molar-refractivity contribution in [3.05, 3.63) is 29.8 Å². The maximum Gasteiger partial charge on any atom is 0.326 e. The average Bonchev–Trinajstić information content (AvgIpc) is 2.91. The van der Waals surface area contributed by atoms with Crippen molar-refractivity contribution in [2.24, 2.45) is 34.0 Å². The van der Waals surface area contributed by atoms with Gasteiger partial charge >= 0.3 is 5.97 Å². The van der Waals surface area contributed by atoms with Crippen LogP contribution < -0.4 is 33.2 Å². The van der Waals surface area contributed by atoms with Crippen LogP contribution in [0.5, 0.6) is 5.75 Å². The number of aromatic hydroxyl groups is 1. The standard InChI is InChI=1S/C27H45N7O6/c1-5-15(3)21(24(37)32-20(26(39)40)14-17-9-11-18(35)12-10-17)34-25(38)22(16(4)6-2)33-23(36)19(28)8-7-13-31-27(29)30/h9-12,15-16,19-22,35H,5-8,13-14,28H2,1-4H3,(H,32,37)(H,33,36)(H,34,38)(H,39,40)(H4,29,30,31). The highest BCUT2D eigenvalue weighted by Crippen LogP contribution is 2.15. The zero-order valence-electron chi connectivity index (χ0n) is 23.7. The van der Waals surface area contributed by atoms with Crippen LogP contribution in [0.3, 0.4) is 0 Å². The van der Waals surface area contributed by atoms with Crippen molar-refractivity contribution in [3.8, 4) is 5.75 Å². The summed E-state index contributed by atoms with van der Waals surface area (Å²) in [5.74, 6) is -3.61. The van der Waals surface area contributed by atoms with Crippen LogP contribution in [0.1, 0.15) is 58.9 Å². The maximum absolute atomic E-state index is 13.4. The van der Waals surface area contributed by atoms with E-state index >= 15 is 0 Å². The first-order chi connectivity index (χ1) is 18.8. The third-order valence-electron chi connectivity index (χ3n) is 6.88. The molecule has 6 unspecified atom stereocenters. The zero-order chi connectivity index (χ0) is 30.4. The Kier molecular flexibility index (Phi) is 14.5. The number of rotatable bonds is 17. The van der Waals surface area contributed by atoms with Crippen LogP contribution >= 0.6 is 0 Å². The second kappa shape index (κ2) is 17.0. The summed E-state index contributed by atoms with van der Waals surface area (Å²) in [4.78, 5) is 55.2. The lowest BCUT2D eigenvalue weighted by molar-refractivity contribution is -0.142. The number of amides is 3. The smallest absolute Gasteiger partial charge is 0.326 e. The zero-order valence-corrected chi connectivity index (χ0v) is 23.7. The highest BCUT2D eigenvalue weighted by molar-refractivity contribution is 5.94. The quantitative estimate of drug-likeness (QED) is 0.0719. The van der Waals surface area contributed by atoms with Gasteiger partial charge in [-0.2, -0.15) is 0 Å². The number of phenols is 1. The molecule has 6 atom stereocenters. The second-order valence-corrected chi connectivity index (χ2v) is 10.1. The fourth-order valence-electron chi connectivity index (χ4n) is 3.89. The van der Waals surface area contributed by atoms with Crippen LogP contribution in [0.4, 0.5) is 0 Å². The van der Waals surface area contributed by atoms with E-state index in [1.54, 1.807) is 26.0 Å². The van der Waals surface area contributed by atoms with Crippen LogP contribution in [0.2, 0.25) is 0 Å². The van der Waals surface area contributed by atoms with E-state index in [0.717, 1.165) is 0 Å². The topological polar surface area (TPSA) is 235 Å². The Morgan fingerprint density at radius 2 is 1.38 bits per heavy atom. The molecule has 1 rings (SSSR count). The molecule has 11 N–H and O–H groups in total. The molecule has 0 aromatic heterocycles. The number of aliphatic imine (C=N–C) groups is 1. The summed E-state index contributed by atoms with van der Waals surface area (Å²) in [6, 6.07) is 1.83. The van der Waals surface area contributed by atoms with E-state index in [0.29, 0.717) is 37.8 Å². The van der Waals surface area contributed by atoms with Crippen LogP contribution in [0.25, 0.3) is 0 Å². The van der Waals surface area contributed by atoms with Crippen LogP contribution in [0.15, 0.2) is 29.3 Å². The molecule has 0 aliphatic carbocycles. The molecule has 13 heteroatoms. The van der Waals surface area contributed by atoms with E-state index in [1.165, 1.54) is 12.1 Å². The number of carbonyl (C=O) groups is 4. The Bertz CT molecular complexity index is 1010. The molecule has 0 heterocycles. The van der Waals surface area contributed by atoms with Gasteiger partial charge in [0.15, 0.2) is 5.96 Å². The first-order valence-electron chi connectivity index (χ1n) is 13.5. The van der Waals surface area contributed by atoms with E-state index in [9.17, 15) is 29.4 Å². The number of benzene rings is 1. The molecule has 0 bridgehead atoms. The first kappa shape index (κ1) is 34.2. The molecule has 0 radical (unpaired) electrons. The molecule has 0 fully saturated rings. The molecule has 0 spiro atoms. The van der Waals surface area contributed by atoms with Gasteiger partial charge < -0.3 is 43.4 Å². The largest absolute Gasteiger partial charge is 0.508 e. The number of nitrogens with zero attached hydrogens (tertiary/aromatic N) is 1. The van der Waals surface area contributed by atoms with Gasteiger partial charge in [-0.15, -0.1) is 0 Å². The van der Waals surface area contributed by atoms with Gasteiger partial charge in [-0.3, -0.25) is 19.4 Å². The summed E-state index contributed by atoms with van der Waals surface area (Å²) >= 11 is 0. The van der Waals surface area contributed by atoms with E-state index in [-0.39, 0.29) is 30.0 Å². The van der Waals surface area contributed by atoms with Crippen molar-refractivity contribution >= 4 is 29.7 Å². The molecule has 13 nitrogen and oxygen atoms in total. The molecule has 0 saturated heterocycles. The molecule has 0 aliphatic rings. The minimum atomic E-state index is -1.26. The monoisotopic (exact) mass is 563 g/mol. The van der Waals surface area contributed by atoms with E-state index in [1.807, 2.05) is 13.8 Å². The summed E-state index contributed by atoms with van der Waals surface area (Å²) < 4.78 is 0. The summed E-state index contributed by atoms with van der Waals surface area (Å²) in [5.41, 5.74) is 17.2. The number of hydrogen-bond donors (Lipinski definition) is 8. The number of nitrogens with one attached hydrogen (secondary N) is 3. The molecule has 0 saturated carbocycles. The molecular weight excluding hydrogens is 518 g/mol. The molecule has 0 aliphatic heterocycles. The van der Waals surface area contributed by atoms with E-state index < -0.39 is 47.9 Å². The lowest BCUT2D eigenvalue weighted by Gasteiger charge is -2.30. The van der Waals surface area contributed by atoms with E-state index in [4.69, 9.17) is 17.2 Å². The molecule has 1 aromatic rings. The molecular formula is C27H45N7O6. The van der Waals surface area contributed by atoms with Crippen molar-refractivity contribution in [1.29, 1.82) is 0 Å². The van der Waals surface area contributed by atoms with Crippen molar-refractivity contribution in [1.82, 2.24) is 16.0 Å². The molecule has 1 aromatic carbocycles. The maximum atomic E-state index is 13.4. The van der Waals surface area contributed by atoms with Gasteiger partial charge in [0.1, 0.15) is 23.9 Å². The van der Waals surface area contributed by atoms with Crippen LogP contribution in [-0.2, 0) is 25.6 Å². The van der Waals surface area contributed by atoms with Gasteiger partial charge in [-0.25, -0.2) is 4.79 Å². The summed E-state index contributed by atoms with van der Waals surface area (Å²) in [6.07, 6.45) is 1.83. The summed E-state index contributed by atoms with van der Waals surface area (Å²) in [6.45, 7) is 7.59. The Morgan fingerprint density at radius 3 is 1.85 bits per heavy atom. The van der Waals surface area contributed by atoms with Gasteiger partial charge in [0.25, 0.3) is 0 Å². The number of carboxylic acid groups (broad SMARTS) is 1. The number of aliphatic carboxylic acids is 1. The van der Waals surface area contributed by atoms with Gasteiger partial charge in [0.05, 0.1) is 6.04 Å². The summed E-state index contributed by atoms with van der Waals surface area (Å²) in [7, 11) is 0. The highest BCUT2D eigenvalue weighted by Gasteiger charge is 2.34. The van der Waals surface area contributed by atoms with Crippen molar-refractivity contribution < 1.29 is 29.4 Å². The number of nitrogens with two attached hydrogens (primary N) is 3. The van der Waals surface area contributed by atoms with Gasteiger partial charge in [-0.1, -0.05) is 52.7 Å². The molecule has 224 valence electrons. The van der Waals surface area contributed by atoms with Gasteiger partial charge in [0, 0.05) is 13.0 Å². The van der Waals surface area contributed by atoms with Gasteiger partial charge in [0.2, 0.25) is 17.7 Å². The fraction of sp³-hybridized carbons (Fsp3) is 0.593. The number of carbonyl (C=O) groups excluding carboxylic acids is 3. The predicted molar refractivity (Wildman–Crippen MR) is 152 cm³/mol. The number of hydrogen-bond acceptors (Lipinski definition) is 7. The van der Waals surface area contributed by atoms with Gasteiger partial charge in [-0.05, 0) is 42.4 Å². The van der Waals surface area contributed by atoms with Crippen molar-refractivity contribution in [2.75, 3.05) is 6.54 Å². The number of phenolic OH excluding ortho intramolecular Hbond substituents is 1. The predicted octanol–water partition coefficient (Wildman–Crippen LogP) is -0.0532. The Hall–Kier alpha value is -3.87. The summed E-state index contributed by atoms with van der Waals surface area (Å²) in [5, 5.41) is 27.1. The van der Waals surface area contributed by atoms with E-state index in [2.05, 4.69) is 20.9 Å². The second-order valence-electron chi connectivity index (χ2n) is 10.1. The van der Waals surface area contributed by atoms with Crippen molar-refractivity contribution in [3.63, 3.8) is 0 Å². The minimum absolute atomic E-state index is 0.0187. The normalized spacial score (nSPS) is 15.4. The third kappa shape index (κ3) is 11.5. The Balaban J connectivity index is 2.99. The van der Waals surface area contributed by atoms with Crippen LogP contribution in [-0.4, -0.2) is 70.6 Å². The number of guanidine groups is 1. The highest BCUT2D eigenvalue weighted by atomic mass is 16.4. The fourth-order valence-corrected chi connectivity index (χ4v) is 3.89. The lowest BCUT2D eigenvalue weighted by Crippen LogP contribution is -2.60. The van der Waals surface area contributed by atoms with Crippen LogP contribution in [0, 0.1) is 11.8 Å². The first-order valence-corrected chi connectivity index (χ1v) is 13.5. The average molecular weight is 564 g/mol. The molecule has 3 amide bonds. The Morgan fingerprint density at radius 1 is 0.875 bits per heavy atom. The third-order valence-corrected chi connectivity index (χ3v) is 6.88. The van der Waals surface area contributed by atoms with Crippen molar-refractivity contribution in [2.45, 2.75) is 84.0 Å². The Labute approximate surface area is 235 Å². The molecule has 40 heavy (non-hydrogen) atoms. The number of carboxylic acids is 1.